The Labute approximate surface area is 154 Å². The van der Waals surface area contributed by atoms with Crippen LogP contribution in [0.15, 0.2) is 12.5 Å². The first kappa shape index (κ1) is 16.3. The van der Waals surface area contributed by atoms with E-state index in [0.29, 0.717) is 24.4 Å². The molecule has 5 aliphatic rings. The molecule has 6 rings (SSSR count). The standard InChI is InChI=1S/C20H28N4O2/c1-23-12-21-11-17(23)7-18(25)22-14-5-15-3-2-4-16(6-14)24(15)19(26)20-8-13(9-20)10-20/h11-16H,2-10H2,1H3,(H,22,25). The van der Waals surface area contributed by atoms with Gasteiger partial charge in [0, 0.05) is 37.1 Å². The molecule has 6 heteroatoms. The Kier molecular flexibility index (Phi) is 3.66. The summed E-state index contributed by atoms with van der Waals surface area (Å²) >= 11 is 0. The first-order chi connectivity index (χ1) is 12.5. The third-order valence-electron chi connectivity index (χ3n) is 7.32. The highest BCUT2D eigenvalue weighted by molar-refractivity contribution is 5.86. The van der Waals surface area contributed by atoms with Crippen LogP contribution in [0.5, 0.6) is 0 Å². The highest BCUT2D eigenvalue weighted by Crippen LogP contribution is 2.65. The number of amides is 2. The van der Waals surface area contributed by atoms with Crippen molar-refractivity contribution in [2.45, 2.75) is 75.9 Å². The minimum atomic E-state index is 0.0219. The van der Waals surface area contributed by atoms with Gasteiger partial charge >= 0.3 is 0 Å². The van der Waals surface area contributed by atoms with Crippen molar-refractivity contribution in [1.29, 1.82) is 0 Å². The predicted octanol–water partition coefficient (Wildman–Crippen LogP) is 1.79. The van der Waals surface area contributed by atoms with Gasteiger partial charge in [-0.2, -0.15) is 0 Å². The lowest BCUT2D eigenvalue weighted by molar-refractivity contribution is -0.186. The minimum absolute atomic E-state index is 0.0219. The van der Waals surface area contributed by atoms with Crippen LogP contribution in [0.25, 0.3) is 0 Å². The molecule has 1 N–H and O–H groups in total. The Morgan fingerprint density at radius 3 is 2.46 bits per heavy atom. The highest BCUT2D eigenvalue weighted by Gasteiger charge is 2.63. The summed E-state index contributed by atoms with van der Waals surface area (Å²) in [5.74, 6) is 1.34. The lowest BCUT2D eigenvalue weighted by Gasteiger charge is -2.63. The zero-order valence-electron chi connectivity index (χ0n) is 15.5. The summed E-state index contributed by atoms with van der Waals surface area (Å²) in [5, 5.41) is 3.23. The van der Waals surface area contributed by atoms with E-state index >= 15 is 0 Å². The molecule has 6 nitrogen and oxygen atoms in total. The van der Waals surface area contributed by atoms with Gasteiger partial charge in [-0.15, -0.1) is 0 Å². The molecule has 2 unspecified atom stereocenters. The highest BCUT2D eigenvalue weighted by atomic mass is 16.2. The van der Waals surface area contributed by atoms with Crippen molar-refractivity contribution in [3.63, 3.8) is 0 Å². The molecular formula is C20H28N4O2. The second kappa shape index (κ2) is 5.83. The first-order valence-electron chi connectivity index (χ1n) is 10.1. The molecule has 1 aromatic rings. The van der Waals surface area contributed by atoms with Crippen LogP contribution in [0.3, 0.4) is 0 Å². The maximum absolute atomic E-state index is 13.2. The first-order valence-corrected chi connectivity index (χ1v) is 10.1. The molecule has 0 spiro atoms. The zero-order chi connectivity index (χ0) is 17.9. The van der Waals surface area contributed by atoms with E-state index < -0.39 is 0 Å². The molecule has 2 atom stereocenters. The van der Waals surface area contributed by atoms with Crippen molar-refractivity contribution in [1.82, 2.24) is 19.8 Å². The largest absolute Gasteiger partial charge is 0.353 e. The van der Waals surface area contributed by atoms with Crippen LogP contribution >= 0.6 is 0 Å². The molecular weight excluding hydrogens is 328 g/mol. The Morgan fingerprint density at radius 2 is 1.92 bits per heavy atom. The van der Waals surface area contributed by atoms with E-state index in [0.717, 1.165) is 56.6 Å². The van der Waals surface area contributed by atoms with Gasteiger partial charge in [0.2, 0.25) is 11.8 Å². The minimum Gasteiger partial charge on any atom is -0.353 e. The van der Waals surface area contributed by atoms with Crippen LogP contribution in [0.4, 0.5) is 0 Å². The maximum Gasteiger partial charge on any atom is 0.229 e. The number of rotatable bonds is 4. The van der Waals surface area contributed by atoms with Gasteiger partial charge < -0.3 is 14.8 Å². The fourth-order valence-corrected chi connectivity index (χ4v) is 5.84. The molecule has 2 saturated heterocycles. The van der Waals surface area contributed by atoms with Crippen LogP contribution in [-0.4, -0.2) is 44.4 Å². The average Bonchev–Trinajstić information content (AvgIpc) is 2.88. The zero-order valence-corrected chi connectivity index (χ0v) is 15.5. The van der Waals surface area contributed by atoms with E-state index in [2.05, 4.69) is 15.2 Å². The smallest absolute Gasteiger partial charge is 0.229 e. The number of nitrogens with zero attached hydrogens (tertiary/aromatic N) is 3. The number of aryl methyl sites for hydroxylation is 1. The molecule has 1 aromatic heterocycles. The number of carbonyl (C=O) groups excluding carboxylic acids is 2. The van der Waals surface area contributed by atoms with Crippen LogP contribution in [-0.2, 0) is 23.1 Å². The summed E-state index contributed by atoms with van der Waals surface area (Å²) in [6.45, 7) is 0. The summed E-state index contributed by atoms with van der Waals surface area (Å²) in [5.41, 5.74) is 0.952. The third-order valence-corrected chi connectivity index (χ3v) is 7.32. The topological polar surface area (TPSA) is 67.2 Å². The number of imidazole rings is 1. The molecule has 0 radical (unpaired) electrons. The van der Waals surface area contributed by atoms with Gasteiger partial charge in [0.15, 0.2) is 0 Å². The molecule has 3 heterocycles. The Morgan fingerprint density at radius 1 is 1.23 bits per heavy atom. The molecule has 4 bridgehead atoms. The lowest BCUT2D eigenvalue weighted by atomic mass is 9.43. The molecule has 140 valence electrons. The van der Waals surface area contributed by atoms with Gasteiger partial charge in [0.25, 0.3) is 0 Å². The normalized spacial score (nSPS) is 37.5. The Balaban J connectivity index is 1.23. The Bertz CT molecular complexity index is 711. The quantitative estimate of drug-likeness (QED) is 0.894. The van der Waals surface area contributed by atoms with E-state index in [-0.39, 0.29) is 17.4 Å². The van der Waals surface area contributed by atoms with Crippen LogP contribution in [0.2, 0.25) is 0 Å². The molecule has 2 amide bonds. The summed E-state index contributed by atoms with van der Waals surface area (Å²) in [7, 11) is 1.91. The summed E-state index contributed by atoms with van der Waals surface area (Å²) in [4.78, 5) is 31.9. The van der Waals surface area contributed by atoms with Crippen molar-refractivity contribution in [2.24, 2.45) is 18.4 Å². The third kappa shape index (κ3) is 2.48. The number of fused-ring (bicyclic) bond motifs is 2. The van der Waals surface area contributed by atoms with Gasteiger partial charge in [0.05, 0.1) is 18.2 Å². The summed E-state index contributed by atoms with van der Waals surface area (Å²) in [6, 6.07) is 0.847. The maximum atomic E-state index is 13.2. The van der Waals surface area contributed by atoms with E-state index in [4.69, 9.17) is 0 Å². The molecule has 2 aliphatic heterocycles. The molecule has 0 aromatic carbocycles. The molecule has 26 heavy (non-hydrogen) atoms. The van der Waals surface area contributed by atoms with Crippen molar-refractivity contribution in [3.05, 3.63) is 18.2 Å². The number of carbonyl (C=O) groups is 2. The molecule has 3 saturated carbocycles. The number of hydrogen-bond donors (Lipinski definition) is 1. The van der Waals surface area contributed by atoms with Crippen molar-refractivity contribution >= 4 is 11.8 Å². The van der Waals surface area contributed by atoms with E-state index in [1.54, 1.807) is 12.5 Å². The van der Waals surface area contributed by atoms with Gasteiger partial charge in [-0.1, -0.05) is 0 Å². The molecule has 3 aliphatic carbocycles. The lowest BCUT2D eigenvalue weighted by Crippen LogP contribution is -2.67. The van der Waals surface area contributed by atoms with Crippen molar-refractivity contribution < 1.29 is 9.59 Å². The average molecular weight is 356 g/mol. The summed E-state index contributed by atoms with van der Waals surface area (Å²) in [6.07, 6.45) is 12.5. The molecule has 5 fully saturated rings. The van der Waals surface area contributed by atoms with E-state index in [9.17, 15) is 9.59 Å². The van der Waals surface area contributed by atoms with E-state index in [1.165, 1.54) is 6.42 Å². The number of piperidine rings is 2. The van der Waals surface area contributed by atoms with Gasteiger partial charge in [0.1, 0.15) is 0 Å². The van der Waals surface area contributed by atoms with Gasteiger partial charge in [-0.05, 0) is 57.3 Å². The van der Waals surface area contributed by atoms with Crippen LogP contribution < -0.4 is 5.32 Å². The fourth-order valence-electron chi connectivity index (χ4n) is 5.84. The van der Waals surface area contributed by atoms with Crippen molar-refractivity contribution in [2.75, 3.05) is 0 Å². The second-order valence-electron chi connectivity index (χ2n) is 9.12. The predicted molar refractivity (Wildman–Crippen MR) is 96.1 cm³/mol. The second-order valence-corrected chi connectivity index (χ2v) is 9.12. The SMILES string of the molecule is Cn1cncc1CC(=O)NC1CC2CCCC(C1)N2C(=O)C12CC(C1)C2. The van der Waals surface area contributed by atoms with Crippen molar-refractivity contribution in [3.8, 4) is 0 Å². The van der Waals surface area contributed by atoms with E-state index in [1.807, 2.05) is 11.6 Å². The number of nitrogens with one attached hydrogen (secondary N) is 1. The fraction of sp³-hybridized carbons (Fsp3) is 0.750. The van der Waals surface area contributed by atoms with Gasteiger partial charge in [-0.3, -0.25) is 9.59 Å². The summed E-state index contributed by atoms with van der Waals surface area (Å²) < 4.78 is 1.89. The van der Waals surface area contributed by atoms with Crippen LogP contribution in [0, 0.1) is 11.3 Å². The van der Waals surface area contributed by atoms with Gasteiger partial charge in [-0.25, -0.2) is 4.98 Å². The number of hydrogen-bond acceptors (Lipinski definition) is 3. The Hall–Kier alpha value is -1.85. The monoisotopic (exact) mass is 356 g/mol. The van der Waals surface area contributed by atoms with Crippen LogP contribution in [0.1, 0.15) is 57.1 Å². The number of aromatic nitrogens is 2.